The molecule has 2 N–H and O–H groups in total. The summed E-state index contributed by atoms with van der Waals surface area (Å²) >= 11 is 0. The third-order valence-electron chi connectivity index (χ3n) is 16.7. The zero-order valence-corrected chi connectivity index (χ0v) is 38.8. The first kappa shape index (κ1) is 47.5. The molecule has 11 atom stereocenters. The van der Waals surface area contributed by atoms with Crippen LogP contribution in [-0.2, 0) is 9.59 Å². The Labute approximate surface area is 367 Å². The fourth-order valence-electron chi connectivity index (χ4n) is 13.2. The van der Waals surface area contributed by atoms with Gasteiger partial charge in [0.2, 0.25) is 17.9 Å². The second kappa shape index (κ2) is 25.3. The van der Waals surface area contributed by atoms with E-state index in [9.17, 15) is 14.7 Å². The van der Waals surface area contributed by atoms with Crippen molar-refractivity contribution in [3.8, 4) is 0 Å². The molecule has 2 amide bonds. The van der Waals surface area contributed by atoms with Crippen LogP contribution in [-0.4, -0.2) is 57.0 Å². The van der Waals surface area contributed by atoms with Crippen LogP contribution in [0.3, 0.4) is 0 Å². The molecule has 7 heteroatoms. The maximum Gasteiger partial charge on any atom is 0.233 e. The number of fused-ring (bicyclic) bond motifs is 10. The van der Waals surface area contributed by atoms with Crippen molar-refractivity contribution in [3.63, 3.8) is 0 Å². The highest BCUT2D eigenvalue weighted by Crippen LogP contribution is 2.53. The van der Waals surface area contributed by atoms with Gasteiger partial charge in [0.15, 0.2) is 6.23 Å². The zero-order valence-electron chi connectivity index (χ0n) is 38.8. The second-order valence-corrected chi connectivity index (χ2v) is 20.9. The Balaban J connectivity index is 0.860. The minimum absolute atomic E-state index is 0.0448. The van der Waals surface area contributed by atoms with Crippen LogP contribution >= 0.6 is 0 Å². The molecular formula is C53H91N4O3+. The molecular weight excluding hydrogens is 741 g/mol. The Morgan fingerprint density at radius 2 is 0.900 bits per heavy atom. The van der Waals surface area contributed by atoms with Crippen LogP contribution in [0.25, 0.3) is 0 Å². The molecule has 0 aromatic rings. The van der Waals surface area contributed by atoms with Crippen molar-refractivity contribution in [2.24, 2.45) is 53.3 Å². The van der Waals surface area contributed by atoms with Gasteiger partial charge in [0.1, 0.15) is 0 Å². The van der Waals surface area contributed by atoms with Crippen LogP contribution in [0.1, 0.15) is 219 Å². The number of aliphatic hydroxyl groups excluding tert-OH is 1. The number of imide groups is 1. The Hall–Kier alpha value is -2.02. The van der Waals surface area contributed by atoms with E-state index >= 15 is 0 Å². The van der Waals surface area contributed by atoms with Crippen molar-refractivity contribution in [2.45, 2.75) is 232 Å². The maximum atomic E-state index is 13.0. The molecule has 6 rings (SSSR count). The number of allylic oxidation sites excluding steroid dienone is 3. The highest BCUT2D eigenvalue weighted by Gasteiger charge is 2.63. The van der Waals surface area contributed by atoms with Gasteiger partial charge in [-0.2, -0.15) is 0 Å². The number of nitrogens with one attached hydrogen (secondary N) is 1. The number of likely N-dealkylation sites (tertiary alicyclic amines) is 1. The molecule has 0 aromatic heterocycles. The van der Waals surface area contributed by atoms with E-state index < -0.39 is 6.23 Å². The lowest BCUT2D eigenvalue weighted by molar-refractivity contribution is -0.775. The summed E-state index contributed by atoms with van der Waals surface area (Å²) in [4.78, 5) is 29.4. The predicted molar refractivity (Wildman–Crippen MR) is 245 cm³/mol. The van der Waals surface area contributed by atoms with E-state index in [1.165, 1.54) is 173 Å². The van der Waals surface area contributed by atoms with Crippen molar-refractivity contribution >= 4 is 11.8 Å². The van der Waals surface area contributed by atoms with E-state index in [1.807, 2.05) is 5.01 Å². The van der Waals surface area contributed by atoms with E-state index in [0.717, 1.165) is 50.5 Å². The second-order valence-electron chi connectivity index (χ2n) is 20.9. The third kappa shape index (κ3) is 12.6. The van der Waals surface area contributed by atoms with E-state index in [1.54, 1.807) is 9.71 Å². The molecule has 2 heterocycles. The molecule has 0 aromatic carbocycles. The normalized spacial score (nSPS) is 29.5. The van der Waals surface area contributed by atoms with Crippen LogP contribution < -0.4 is 0 Å². The number of aliphatic hydroxyl groups is 1. The molecule has 340 valence electrons. The quantitative estimate of drug-likeness (QED) is 0.0288. The molecule has 6 aliphatic rings. The molecule has 4 aliphatic carbocycles. The SMILES string of the molecule is CCCCCCCCC(CCCCCCCCCN1C(=O)C2C3C=CC(C3)C2C1=O)C(CCCCCCCC)CCCCCCCCCN1C(O)C2C3C=CC(C3)C2[N+]1=N. The average molecular weight is 832 g/mol. The standard InChI is InChI=1S/C53H91N4O3/c1-3-5-7-9-17-23-29-41(31-25-19-13-11-15-21-27-37-55-51(58)47-43-33-34-44(39-43)48(47)52(55)59)42(30-24-18-10-8-6-4-2)32-26-20-14-12-16-22-28-38-56-53(60)49-45-35-36-46(40-45)50(49)57(56)54/h33-36,41-50,53-54,60H,3-32,37-40H2,1-2H3/q+1. The number of amides is 2. The summed E-state index contributed by atoms with van der Waals surface area (Å²) in [5.41, 5.74) is 8.70. The van der Waals surface area contributed by atoms with Gasteiger partial charge in [-0.05, 0) is 65.6 Å². The first-order valence-corrected chi connectivity index (χ1v) is 26.6. The lowest BCUT2D eigenvalue weighted by atomic mass is 9.78. The Kier molecular flexibility index (Phi) is 20.0. The van der Waals surface area contributed by atoms with Crippen LogP contribution in [0.5, 0.6) is 0 Å². The van der Waals surface area contributed by atoms with E-state index in [-0.39, 0.29) is 35.6 Å². The highest BCUT2D eigenvalue weighted by molar-refractivity contribution is 6.06. The molecule has 2 aliphatic heterocycles. The lowest BCUT2D eigenvalue weighted by Crippen LogP contribution is -2.38. The van der Waals surface area contributed by atoms with E-state index in [0.29, 0.717) is 30.2 Å². The molecule has 4 fully saturated rings. The summed E-state index contributed by atoms with van der Waals surface area (Å²) in [6.45, 7) is 6.11. The van der Waals surface area contributed by atoms with Gasteiger partial charge in [-0.15, -0.1) is 5.01 Å². The summed E-state index contributed by atoms with van der Waals surface area (Å²) < 4.78 is 0. The first-order chi connectivity index (χ1) is 29.4. The van der Waals surface area contributed by atoms with Crippen molar-refractivity contribution in [1.82, 2.24) is 9.91 Å². The number of carbonyl (C=O) groups is 2. The Bertz CT molecular complexity index is 1330. The molecule has 4 bridgehead atoms. The molecule has 11 unspecified atom stereocenters. The Morgan fingerprint density at radius 1 is 0.533 bits per heavy atom. The first-order valence-electron chi connectivity index (χ1n) is 26.6. The van der Waals surface area contributed by atoms with Gasteiger partial charge < -0.3 is 5.11 Å². The highest BCUT2D eigenvalue weighted by atomic mass is 16.3. The molecule has 2 saturated heterocycles. The maximum absolute atomic E-state index is 13.0. The number of nitrogens with zero attached hydrogens (tertiary/aromatic N) is 3. The number of hydrazine groups is 1. The van der Waals surface area contributed by atoms with E-state index in [4.69, 9.17) is 5.53 Å². The minimum atomic E-state index is -0.473. The van der Waals surface area contributed by atoms with Crippen LogP contribution in [0.15, 0.2) is 24.3 Å². The average Bonchev–Trinajstić information content (AvgIpc) is 4.12. The molecule has 2 saturated carbocycles. The van der Waals surface area contributed by atoms with Gasteiger partial charge in [0, 0.05) is 12.5 Å². The van der Waals surface area contributed by atoms with Gasteiger partial charge in [0.25, 0.3) is 0 Å². The monoisotopic (exact) mass is 832 g/mol. The number of carbonyl (C=O) groups excluding carboxylic acids is 2. The van der Waals surface area contributed by atoms with Crippen molar-refractivity contribution in [3.05, 3.63) is 24.3 Å². The third-order valence-corrected chi connectivity index (χ3v) is 16.7. The zero-order chi connectivity index (χ0) is 42.1. The predicted octanol–water partition coefficient (Wildman–Crippen LogP) is 13.6. The molecule has 0 spiro atoms. The van der Waals surface area contributed by atoms with Gasteiger partial charge in [-0.1, -0.05) is 218 Å². The number of rotatable bonds is 35. The number of unbranched alkanes of at least 4 members (excludes halogenated alkanes) is 22. The number of hydrogen-bond donors (Lipinski definition) is 2. The fourth-order valence-corrected chi connectivity index (χ4v) is 13.2. The molecule has 7 nitrogen and oxygen atoms in total. The van der Waals surface area contributed by atoms with Crippen molar-refractivity contribution in [2.75, 3.05) is 13.1 Å². The fraction of sp³-hybridized carbons (Fsp3) is 0.887. The lowest BCUT2D eigenvalue weighted by Gasteiger charge is -2.28. The Morgan fingerprint density at radius 3 is 1.35 bits per heavy atom. The van der Waals surface area contributed by atoms with Crippen molar-refractivity contribution < 1.29 is 19.5 Å². The van der Waals surface area contributed by atoms with Crippen LogP contribution in [0, 0.1) is 58.8 Å². The molecule has 0 radical (unpaired) electrons. The summed E-state index contributed by atoms with van der Waals surface area (Å²) in [7, 11) is 0. The van der Waals surface area contributed by atoms with Gasteiger partial charge in [0.05, 0.1) is 24.3 Å². The molecule has 60 heavy (non-hydrogen) atoms. The van der Waals surface area contributed by atoms with Gasteiger partial charge >= 0.3 is 0 Å². The summed E-state index contributed by atoms with van der Waals surface area (Å²) in [5, 5.41) is 13.0. The minimum Gasteiger partial charge on any atom is -0.368 e. The summed E-state index contributed by atoms with van der Waals surface area (Å²) in [6.07, 6.45) is 50.9. The van der Waals surface area contributed by atoms with Gasteiger partial charge in [-0.3, -0.25) is 14.5 Å². The van der Waals surface area contributed by atoms with Gasteiger partial charge in [-0.25, -0.2) is 0 Å². The summed E-state index contributed by atoms with van der Waals surface area (Å²) in [6, 6.07) is 0.189. The largest absolute Gasteiger partial charge is 0.368 e. The summed E-state index contributed by atoms with van der Waals surface area (Å²) in [5.74, 6) is 3.77. The number of hydrogen-bond acceptors (Lipinski definition) is 4. The smallest absolute Gasteiger partial charge is 0.233 e. The van der Waals surface area contributed by atoms with Crippen molar-refractivity contribution in [1.29, 1.82) is 5.53 Å². The topological polar surface area (TPSA) is 87.7 Å². The van der Waals surface area contributed by atoms with Crippen LogP contribution in [0.4, 0.5) is 0 Å². The van der Waals surface area contributed by atoms with E-state index in [2.05, 4.69) is 38.2 Å². The van der Waals surface area contributed by atoms with Crippen LogP contribution in [0.2, 0.25) is 0 Å².